The van der Waals surface area contributed by atoms with Crippen LogP contribution in [-0.2, 0) is 9.59 Å². The third-order valence-electron chi connectivity index (χ3n) is 4.44. The van der Waals surface area contributed by atoms with E-state index >= 15 is 0 Å². The van der Waals surface area contributed by atoms with Gasteiger partial charge in [-0.05, 0) is 24.7 Å². The molecule has 0 spiro atoms. The highest BCUT2D eigenvalue weighted by Gasteiger charge is 2.46. The summed E-state index contributed by atoms with van der Waals surface area (Å²) in [5, 5.41) is 18.7. The predicted molar refractivity (Wildman–Crippen MR) is 62.6 cm³/mol. The lowest BCUT2D eigenvalue weighted by Gasteiger charge is -2.27. The van der Waals surface area contributed by atoms with E-state index < -0.39 is 18.1 Å². The van der Waals surface area contributed by atoms with Crippen molar-refractivity contribution in [3.05, 3.63) is 12.2 Å². The van der Waals surface area contributed by atoms with E-state index in [1.807, 2.05) is 0 Å². The average molecular weight is 251 g/mol. The van der Waals surface area contributed by atoms with Gasteiger partial charge < -0.3 is 15.1 Å². The number of hydrogen-bond acceptors (Lipinski definition) is 3. The number of carboxylic acids is 1. The van der Waals surface area contributed by atoms with E-state index in [0.29, 0.717) is 5.92 Å². The summed E-state index contributed by atoms with van der Waals surface area (Å²) in [5.41, 5.74) is 0. The lowest BCUT2D eigenvalue weighted by Crippen LogP contribution is -2.44. The normalized spacial score (nSPS) is 41.6. The molecule has 0 aromatic heterocycles. The van der Waals surface area contributed by atoms with Gasteiger partial charge in [0, 0.05) is 18.9 Å². The zero-order chi connectivity index (χ0) is 12.9. The Balaban J connectivity index is 1.76. The molecule has 3 aliphatic rings. The molecule has 0 aromatic rings. The van der Waals surface area contributed by atoms with Crippen LogP contribution in [0.15, 0.2) is 12.2 Å². The van der Waals surface area contributed by atoms with E-state index in [1.54, 1.807) is 0 Å². The average Bonchev–Trinajstić information content (AvgIpc) is 3.01. The first-order valence-corrected chi connectivity index (χ1v) is 6.46. The number of carboxylic acid groups (broad SMARTS) is 1. The van der Waals surface area contributed by atoms with Gasteiger partial charge in [0.15, 0.2) is 0 Å². The fourth-order valence-electron chi connectivity index (χ4n) is 3.57. The molecule has 2 fully saturated rings. The number of nitrogens with zero attached hydrogens (tertiary/aromatic N) is 1. The Hall–Kier alpha value is -1.36. The number of likely N-dealkylation sites (tertiary alicyclic amines) is 1. The van der Waals surface area contributed by atoms with Crippen LogP contribution in [0.1, 0.15) is 19.3 Å². The van der Waals surface area contributed by atoms with Crippen LogP contribution in [0.25, 0.3) is 0 Å². The van der Waals surface area contributed by atoms with Crippen molar-refractivity contribution in [3.63, 3.8) is 0 Å². The van der Waals surface area contributed by atoms with Crippen LogP contribution in [0, 0.1) is 17.8 Å². The van der Waals surface area contributed by atoms with Gasteiger partial charge in [0.25, 0.3) is 0 Å². The first-order valence-electron chi connectivity index (χ1n) is 6.46. The summed E-state index contributed by atoms with van der Waals surface area (Å²) in [6, 6.07) is -0.851. The highest BCUT2D eigenvalue weighted by atomic mass is 16.4. The van der Waals surface area contributed by atoms with Gasteiger partial charge in [0.05, 0.1) is 6.10 Å². The van der Waals surface area contributed by atoms with E-state index in [9.17, 15) is 14.7 Å². The summed E-state index contributed by atoms with van der Waals surface area (Å²) in [7, 11) is 0. The van der Waals surface area contributed by atoms with Gasteiger partial charge in [-0.25, -0.2) is 4.79 Å². The zero-order valence-corrected chi connectivity index (χ0v) is 10.0. The molecule has 2 bridgehead atoms. The van der Waals surface area contributed by atoms with Gasteiger partial charge in [-0.1, -0.05) is 12.2 Å². The monoisotopic (exact) mass is 251 g/mol. The highest BCUT2D eigenvalue weighted by molar-refractivity contribution is 5.86. The van der Waals surface area contributed by atoms with Crippen molar-refractivity contribution >= 4 is 11.9 Å². The largest absolute Gasteiger partial charge is 0.480 e. The number of aliphatic hydroxyl groups is 1. The van der Waals surface area contributed by atoms with E-state index in [-0.39, 0.29) is 30.7 Å². The molecule has 3 unspecified atom stereocenters. The van der Waals surface area contributed by atoms with Crippen LogP contribution in [-0.4, -0.2) is 45.7 Å². The molecule has 3 rings (SSSR count). The van der Waals surface area contributed by atoms with Gasteiger partial charge in [-0.15, -0.1) is 0 Å². The summed E-state index contributed by atoms with van der Waals surface area (Å²) >= 11 is 0. The number of fused-ring (bicyclic) bond motifs is 2. The Bertz CT molecular complexity index is 419. The number of aliphatic hydroxyl groups excluding tert-OH is 1. The van der Waals surface area contributed by atoms with Gasteiger partial charge in [0.1, 0.15) is 6.04 Å². The molecule has 0 aromatic carbocycles. The summed E-state index contributed by atoms with van der Waals surface area (Å²) < 4.78 is 0. The summed E-state index contributed by atoms with van der Waals surface area (Å²) in [5.74, 6) is -0.420. The predicted octanol–water partition coefficient (Wildman–Crippen LogP) is 0.245. The molecular formula is C13H17NO4. The van der Waals surface area contributed by atoms with Gasteiger partial charge >= 0.3 is 5.97 Å². The first kappa shape index (κ1) is 11.7. The number of β-amino-alcohol motifs (C(OH)–C–C–N with tert-alkyl or cyclic N) is 1. The minimum absolute atomic E-state index is 0.0767. The van der Waals surface area contributed by atoms with E-state index in [4.69, 9.17) is 5.11 Å². The fourth-order valence-corrected chi connectivity index (χ4v) is 3.57. The molecule has 1 aliphatic heterocycles. The first-order chi connectivity index (χ1) is 8.56. The maximum Gasteiger partial charge on any atom is 0.326 e. The Morgan fingerprint density at radius 3 is 2.50 bits per heavy atom. The second-order valence-corrected chi connectivity index (χ2v) is 5.62. The molecule has 5 atom stereocenters. The van der Waals surface area contributed by atoms with Crippen molar-refractivity contribution in [3.8, 4) is 0 Å². The minimum Gasteiger partial charge on any atom is -0.480 e. The van der Waals surface area contributed by atoms with Crippen molar-refractivity contribution in [2.24, 2.45) is 17.8 Å². The lowest BCUT2D eigenvalue weighted by atomic mass is 9.92. The molecule has 18 heavy (non-hydrogen) atoms. The topological polar surface area (TPSA) is 77.8 Å². The number of rotatable bonds is 2. The molecule has 1 heterocycles. The molecule has 1 amide bonds. The van der Waals surface area contributed by atoms with Crippen LogP contribution in [0.3, 0.4) is 0 Å². The van der Waals surface area contributed by atoms with Crippen molar-refractivity contribution in [1.29, 1.82) is 0 Å². The summed E-state index contributed by atoms with van der Waals surface area (Å²) in [6.07, 6.45) is 5.53. The number of carbonyl (C=O) groups is 2. The summed E-state index contributed by atoms with van der Waals surface area (Å²) in [4.78, 5) is 24.9. The maximum atomic E-state index is 12.4. The zero-order valence-electron chi connectivity index (χ0n) is 10.0. The Kier molecular flexibility index (Phi) is 2.66. The number of aliphatic carboxylic acids is 1. The fraction of sp³-hybridized carbons (Fsp3) is 0.692. The number of carbonyl (C=O) groups excluding carboxylic acids is 1. The standard InChI is InChI=1S/C13H17NO4/c15-9-5-11(13(17)18)14(6-9)12(16)10-4-7-1-2-8(10)3-7/h1-2,7-11,15H,3-6H2,(H,17,18)/t7?,8?,9-,10?,11-/m0/s1. The lowest BCUT2D eigenvalue weighted by molar-refractivity contribution is -0.150. The molecule has 2 aliphatic carbocycles. The Morgan fingerprint density at radius 1 is 1.17 bits per heavy atom. The van der Waals surface area contributed by atoms with Crippen molar-refractivity contribution in [2.45, 2.75) is 31.4 Å². The third-order valence-corrected chi connectivity index (χ3v) is 4.44. The van der Waals surface area contributed by atoms with E-state index in [2.05, 4.69) is 12.2 Å². The highest BCUT2D eigenvalue weighted by Crippen LogP contribution is 2.44. The van der Waals surface area contributed by atoms with E-state index in [1.165, 1.54) is 4.90 Å². The quantitative estimate of drug-likeness (QED) is 0.689. The number of allylic oxidation sites excluding steroid dienone is 2. The van der Waals surface area contributed by atoms with Crippen molar-refractivity contribution < 1.29 is 19.8 Å². The molecule has 0 radical (unpaired) electrons. The molecule has 1 saturated carbocycles. The van der Waals surface area contributed by atoms with Crippen LogP contribution in [0.5, 0.6) is 0 Å². The smallest absolute Gasteiger partial charge is 0.326 e. The maximum absolute atomic E-state index is 12.4. The van der Waals surface area contributed by atoms with Gasteiger partial charge in [0.2, 0.25) is 5.91 Å². The summed E-state index contributed by atoms with van der Waals surface area (Å²) in [6.45, 7) is 0.160. The Morgan fingerprint density at radius 2 is 1.94 bits per heavy atom. The third kappa shape index (κ3) is 1.73. The number of hydrogen-bond donors (Lipinski definition) is 2. The van der Waals surface area contributed by atoms with Crippen LogP contribution in [0.2, 0.25) is 0 Å². The van der Waals surface area contributed by atoms with Gasteiger partial charge in [-0.2, -0.15) is 0 Å². The molecular weight excluding hydrogens is 234 g/mol. The van der Waals surface area contributed by atoms with Crippen LogP contribution in [0.4, 0.5) is 0 Å². The molecule has 5 nitrogen and oxygen atoms in total. The molecule has 98 valence electrons. The second kappa shape index (κ2) is 4.09. The van der Waals surface area contributed by atoms with Crippen LogP contribution >= 0.6 is 0 Å². The molecule has 1 saturated heterocycles. The molecule has 2 N–H and O–H groups in total. The van der Waals surface area contributed by atoms with E-state index in [0.717, 1.165) is 12.8 Å². The van der Waals surface area contributed by atoms with Crippen molar-refractivity contribution in [1.82, 2.24) is 4.90 Å². The minimum atomic E-state index is -1.02. The number of amides is 1. The Labute approximate surface area is 105 Å². The van der Waals surface area contributed by atoms with Gasteiger partial charge in [-0.3, -0.25) is 4.79 Å². The molecule has 5 heteroatoms. The van der Waals surface area contributed by atoms with Crippen LogP contribution < -0.4 is 0 Å². The second-order valence-electron chi connectivity index (χ2n) is 5.62. The van der Waals surface area contributed by atoms with Crippen molar-refractivity contribution in [2.75, 3.05) is 6.54 Å². The SMILES string of the molecule is O=C(O)[C@@H]1C[C@H](O)CN1C(=O)C1CC2C=CC1C2.